The highest BCUT2D eigenvalue weighted by Crippen LogP contribution is 2.27. The molecule has 0 unspecified atom stereocenters. The second-order valence-corrected chi connectivity index (χ2v) is 8.00. The van der Waals surface area contributed by atoms with Crippen LogP contribution in [0, 0.1) is 6.92 Å². The van der Waals surface area contributed by atoms with Gasteiger partial charge in [0.05, 0.1) is 7.11 Å². The van der Waals surface area contributed by atoms with E-state index in [1.807, 2.05) is 13.0 Å². The van der Waals surface area contributed by atoms with E-state index in [2.05, 4.69) is 23.3 Å². The molecule has 1 aromatic heterocycles. The van der Waals surface area contributed by atoms with E-state index in [1.54, 1.807) is 17.5 Å². The summed E-state index contributed by atoms with van der Waals surface area (Å²) in [4.78, 5) is 11.7. The Kier molecular flexibility index (Phi) is 5.11. The number of benzene rings is 1. The number of sulfonamides is 1. The summed E-state index contributed by atoms with van der Waals surface area (Å²) >= 11 is 1.04. The molecule has 0 saturated heterocycles. The molecule has 0 fully saturated rings. The molecule has 0 atom stereocenters. The lowest BCUT2D eigenvalue weighted by Crippen LogP contribution is -2.16. The fourth-order valence-corrected chi connectivity index (χ4v) is 4.73. The number of aryl methyl sites for hydroxylation is 1. The number of nitrogens with one attached hydrogen (secondary N) is 1. The Hall–Kier alpha value is -1.86. The average molecular weight is 353 g/mol. The Morgan fingerprint density at radius 2 is 1.96 bits per heavy atom. The molecular weight excluding hydrogens is 334 g/mol. The minimum absolute atomic E-state index is 0.0653. The molecule has 7 heteroatoms. The number of thiophene rings is 1. The Morgan fingerprint density at radius 3 is 2.52 bits per heavy atom. The number of carbonyl (C=O) groups is 1. The summed E-state index contributed by atoms with van der Waals surface area (Å²) in [5.41, 5.74) is 2.64. The van der Waals surface area contributed by atoms with Gasteiger partial charge in [0.25, 0.3) is 10.0 Å². The van der Waals surface area contributed by atoms with Crippen LogP contribution in [0.25, 0.3) is 0 Å². The van der Waals surface area contributed by atoms with Crippen molar-refractivity contribution in [2.75, 3.05) is 11.8 Å². The quantitative estimate of drug-likeness (QED) is 0.831. The van der Waals surface area contributed by atoms with Crippen molar-refractivity contribution in [3.05, 3.63) is 45.6 Å². The SMILES string of the molecule is COC(=O)c1sccc1S(=O)(=O)Nc1ccc(C(C)C)c(C)c1. The number of hydrogen-bond donors (Lipinski definition) is 1. The Labute approximate surface area is 140 Å². The van der Waals surface area contributed by atoms with Crippen LogP contribution in [0.1, 0.15) is 40.6 Å². The van der Waals surface area contributed by atoms with Crippen LogP contribution in [-0.4, -0.2) is 21.5 Å². The number of hydrogen-bond acceptors (Lipinski definition) is 5. The standard InChI is InChI=1S/C16H19NO4S2/c1-10(2)13-6-5-12(9-11(13)3)17-23(19,20)14-7-8-22-15(14)16(18)21-4/h5-10,17H,1-4H3. The van der Waals surface area contributed by atoms with Crippen molar-refractivity contribution < 1.29 is 17.9 Å². The highest BCUT2D eigenvalue weighted by Gasteiger charge is 2.24. The Bertz CT molecular complexity index is 822. The third-order valence-electron chi connectivity index (χ3n) is 3.43. The van der Waals surface area contributed by atoms with Crippen LogP contribution >= 0.6 is 11.3 Å². The number of anilines is 1. The lowest BCUT2D eigenvalue weighted by Gasteiger charge is -2.13. The first-order chi connectivity index (χ1) is 10.8. The van der Waals surface area contributed by atoms with Crippen molar-refractivity contribution in [1.29, 1.82) is 0 Å². The molecule has 0 saturated carbocycles. The van der Waals surface area contributed by atoms with Gasteiger partial charge in [0.15, 0.2) is 0 Å². The van der Waals surface area contributed by atoms with Crippen molar-refractivity contribution in [1.82, 2.24) is 0 Å². The third-order valence-corrected chi connectivity index (χ3v) is 5.88. The molecule has 0 bridgehead atoms. The summed E-state index contributed by atoms with van der Waals surface area (Å²) in [5.74, 6) is -0.296. The first kappa shape index (κ1) is 17.5. The Balaban J connectivity index is 2.34. The van der Waals surface area contributed by atoms with Crippen molar-refractivity contribution in [3.63, 3.8) is 0 Å². The first-order valence-electron chi connectivity index (χ1n) is 7.05. The maximum atomic E-state index is 12.5. The molecular formula is C16H19NO4S2. The first-order valence-corrected chi connectivity index (χ1v) is 9.41. The summed E-state index contributed by atoms with van der Waals surface area (Å²) in [6, 6.07) is 6.82. The molecule has 0 amide bonds. The van der Waals surface area contributed by atoms with Crippen LogP contribution in [0.5, 0.6) is 0 Å². The van der Waals surface area contributed by atoms with Crippen molar-refractivity contribution in [2.45, 2.75) is 31.6 Å². The molecule has 2 aromatic rings. The molecule has 2 rings (SSSR count). The van der Waals surface area contributed by atoms with Crippen LogP contribution in [0.2, 0.25) is 0 Å². The second-order valence-electron chi connectivity index (χ2n) is 5.44. The van der Waals surface area contributed by atoms with Gasteiger partial charge in [0.2, 0.25) is 0 Å². The van der Waals surface area contributed by atoms with Crippen LogP contribution in [0.4, 0.5) is 5.69 Å². The van der Waals surface area contributed by atoms with E-state index in [0.717, 1.165) is 16.9 Å². The lowest BCUT2D eigenvalue weighted by molar-refractivity contribution is 0.0602. The summed E-state index contributed by atoms with van der Waals surface area (Å²) in [6.07, 6.45) is 0. The minimum atomic E-state index is -3.85. The lowest BCUT2D eigenvalue weighted by atomic mass is 9.98. The molecule has 124 valence electrons. The predicted molar refractivity (Wildman–Crippen MR) is 91.7 cm³/mol. The topological polar surface area (TPSA) is 72.5 Å². The van der Waals surface area contributed by atoms with Crippen LogP contribution in [0.15, 0.2) is 34.5 Å². The van der Waals surface area contributed by atoms with Gasteiger partial charge < -0.3 is 4.74 Å². The van der Waals surface area contributed by atoms with Gasteiger partial charge in [-0.1, -0.05) is 19.9 Å². The highest BCUT2D eigenvalue weighted by molar-refractivity contribution is 7.93. The predicted octanol–water partition coefficient (Wildman–Crippen LogP) is 3.77. The number of methoxy groups -OCH3 is 1. The maximum absolute atomic E-state index is 12.5. The smallest absolute Gasteiger partial charge is 0.349 e. The Morgan fingerprint density at radius 1 is 1.26 bits per heavy atom. The monoisotopic (exact) mass is 353 g/mol. The van der Waals surface area contributed by atoms with Gasteiger partial charge in [0.1, 0.15) is 9.77 Å². The molecule has 0 aliphatic rings. The molecule has 1 aromatic carbocycles. The van der Waals surface area contributed by atoms with Crippen LogP contribution < -0.4 is 4.72 Å². The van der Waals surface area contributed by atoms with Crippen molar-refractivity contribution in [2.24, 2.45) is 0 Å². The van der Waals surface area contributed by atoms with Gasteiger partial charge in [-0.25, -0.2) is 13.2 Å². The maximum Gasteiger partial charge on any atom is 0.349 e. The summed E-state index contributed by atoms with van der Waals surface area (Å²) in [5, 5.41) is 1.55. The van der Waals surface area contributed by atoms with Crippen molar-refractivity contribution in [3.8, 4) is 0 Å². The van der Waals surface area contributed by atoms with E-state index in [-0.39, 0.29) is 9.77 Å². The van der Waals surface area contributed by atoms with Crippen LogP contribution in [-0.2, 0) is 14.8 Å². The van der Waals surface area contributed by atoms with Gasteiger partial charge >= 0.3 is 5.97 Å². The highest BCUT2D eigenvalue weighted by atomic mass is 32.2. The number of rotatable bonds is 5. The van der Waals surface area contributed by atoms with E-state index in [9.17, 15) is 13.2 Å². The third kappa shape index (κ3) is 3.73. The summed E-state index contributed by atoms with van der Waals surface area (Å²) in [6.45, 7) is 6.11. The summed E-state index contributed by atoms with van der Waals surface area (Å²) < 4.78 is 32.2. The molecule has 5 nitrogen and oxygen atoms in total. The van der Waals surface area contributed by atoms with Gasteiger partial charge in [0, 0.05) is 5.69 Å². The fourth-order valence-electron chi connectivity index (χ4n) is 2.35. The minimum Gasteiger partial charge on any atom is -0.465 e. The molecule has 1 N–H and O–H groups in total. The molecule has 0 aliphatic heterocycles. The number of carbonyl (C=O) groups excluding carboxylic acids is 1. The average Bonchev–Trinajstić information content (AvgIpc) is 2.96. The number of ether oxygens (including phenoxy) is 1. The normalized spacial score (nSPS) is 11.5. The van der Waals surface area contributed by atoms with Gasteiger partial charge in [-0.15, -0.1) is 11.3 Å². The number of esters is 1. The van der Waals surface area contributed by atoms with Gasteiger partial charge in [-0.2, -0.15) is 0 Å². The van der Waals surface area contributed by atoms with E-state index < -0.39 is 16.0 Å². The van der Waals surface area contributed by atoms with Crippen molar-refractivity contribution >= 4 is 33.0 Å². The zero-order valence-electron chi connectivity index (χ0n) is 13.4. The summed E-state index contributed by atoms with van der Waals surface area (Å²) in [7, 11) is -2.62. The molecule has 0 radical (unpaired) electrons. The fraction of sp³-hybridized carbons (Fsp3) is 0.312. The zero-order chi connectivity index (χ0) is 17.2. The van der Waals surface area contributed by atoms with E-state index in [0.29, 0.717) is 11.6 Å². The zero-order valence-corrected chi connectivity index (χ0v) is 15.0. The molecule has 1 heterocycles. The molecule has 23 heavy (non-hydrogen) atoms. The van der Waals surface area contributed by atoms with Crippen LogP contribution in [0.3, 0.4) is 0 Å². The molecule has 0 spiro atoms. The van der Waals surface area contributed by atoms with E-state index in [4.69, 9.17) is 0 Å². The van der Waals surface area contributed by atoms with Gasteiger partial charge in [-0.05, 0) is 47.5 Å². The largest absolute Gasteiger partial charge is 0.465 e. The van der Waals surface area contributed by atoms with Gasteiger partial charge in [-0.3, -0.25) is 4.72 Å². The van der Waals surface area contributed by atoms with E-state index >= 15 is 0 Å². The van der Waals surface area contributed by atoms with E-state index in [1.165, 1.54) is 18.7 Å². The molecule has 0 aliphatic carbocycles. The second kappa shape index (κ2) is 6.72.